The smallest absolute Gasteiger partial charge is 0.137 e. The zero-order valence-electron chi connectivity index (χ0n) is 13.0. The van der Waals surface area contributed by atoms with Gasteiger partial charge in [0.15, 0.2) is 0 Å². The van der Waals surface area contributed by atoms with Gasteiger partial charge >= 0.3 is 0 Å². The highest BCUT2D eigenvalue weighted by molar-refractivity contribution is 6.32. The molecular formula is C18H22ClNO2. The predicted molar refractivity (Wildman–Crippen MR) is 92.3 cm³/mol. The monoisotopic (exact) mass is 319 g/mol. The van der Waals surface area contributed by atoms with Crippen molar-refractivity contribution in [1.29, 1.82) is 0 Å². The van der Waals surface area contributed by atoms with Gasteiger partial charge in [0.25, 0.3) is 0 Å². The third-order valence-electron chi connectivity index (χ3n) is 3.29. The molecule has 0 unspecified atom stereocenters. The molecule has 0 fully saturated rings. The maximum absolute atomic E-state index is 6.03. The van der Waals surface area contributed by atoms with Crippen LogP contribution in [-0.4, -0.2) is 19.3 Å². The maximum atomic E-state index is 6.03. The molecular weight excluding hydrogens is 298 g/mol. The van der Waals surface area contributed by atoms with Crippen molar-refractivity contribution in [3.63, 3.8) is 0 Å². The van der Waals surface area contributed by atoms with E-state index in [4.69, 9.17) is 21.1 Å². The number of nitrogens with one attached hydrogen (secondary N) is 1. The molecule has 3 nitrogen and oxygen atoms in total. The summed E-state index contributed by atoms with van der Waals surface area (Å²) in [5, 5.41) is 3.94. The van der Waals surface area contributed by atoms with Crippen LogP contribution >= 0.6 is 11.6 Å². The Morgan fingerprint density at radius 2 is 1.82 bits per heavy atom. The summed E-state index contributed by atoms with van der Waals surface area (Å²) < 4.78 is 11.4. The van der Waals surface area contributed by atoms with Crippen LogP contribution in [0.4, 0.5) is 5.69 Å². The number of halogens is 1. The average Bonchev–Trinajstić information content (AvgIpc) is 2.54. The first-order valence-electron chi connectivity index (χ1n) is 7.57. The van der Waals surface area contributed by atoms with Crippen LogP contribution in [0.2, 0.25) is 5.02 Å². The molecule has 0 bridgehead atoms. The quantitative estimate of drug-likeness (QED) is 0.694. The first-order valence-corrected chi connectivity index (χ1v) is 7.94. The van der Waals surface area contributed by atoms with Crippen LogP contribution in [0.1, 0.15) is 20.3 Å². The SMILES string of the molecule is CC[C@@H](C)Oc1ccc(NCCOc2ccccc2Cl)cc1. The van der Waals surface area contributed by atoms with Crippen LogP contribution in [0.5, 0.6) is 11.5 Å². The molecule has 0 saturated carbocycles. The molecule has 1 atom stereocenters. The second-order valence-corrected chi connectivity index (χ2v) is 5.47. The topological polar surface area (TPSA) is 30.5 Å². The van der Waals surface area contributed by atoms with E-state index < -0.39 is 0 Å². The standard InChI is InChI=1S/C18H22ClNO2/c1-3-14(2)22-16-10-8-15(9-11-16)20-12-13-21-18-7-5-4-6-17(18)19/h4-11,14,20H,3,12-13H2,1-2H3/t14-/m1/s1. The summed E-state index contributed by atoms with van der Waals surface area (Å²) in [6.07, 6.45) is 1.24. The van der Waals surface area contributed by atoms with Crippen LogP contribution in [0.15, 0.2) is 48.5 Å². The molecule has 1 N–H and O–H groups in total. The molecule has 0 saturated heterocycles. The lowest BCUT2D eigenvalue weighted by Gasteiger charge is -2.13. The fourth-order valence-electron chi connectivity index (χ4n) is 1.89. The highest BCUT2D eigenvalue weighted by atomic mass is 35.5. The minimum atomic E-state index is 0.239. The van der Waals surface area contributed by atoms with E-state index in [1.54, 1.807) is 0 Å². The van der Waals surface area contributed by atoms with Crippen molar-refractivity contribution >= 4 is 17.3 Å². The zero-order chi connectivity index (χ0) is 15.8. The molecule has 2 aromatic carbocycles. The lowest BCUT2D eigenvalue weighted by molar-refractivity contribution is 0.217. The second kappa shape index (κ2) is 8.54. The number of para-hydroxylation sites is 1. The Labute approximate surface area is 137 Å². The summed E-state index contributed by atoms with van der Waals surface area (Å²) in [4.78, 5) is 0. The van der Waals surface area contributed by atoms with E-state index >= 15 is 0 Å². The molecule has 0 aromatic heterocycles. The van der Waals surface area contributed by atoms with Crippen molar-refractivity contribution in [2.24, 2.45) is 0 Å². The molecule has 4 heteroatoms. The van der Waals surface area contributed by atoms with Crippen molar-refractivity contribution < 1.29 is 9.47 Å². The van der Waals surface area contributed by atoms with E-state index in [1.807, 2.05) is 48.5 Å². The van der Waals surface area contributed by atoms with Crippen LogP contribution in [-0.2, 0) is 0 Å². The van der Waals surface area contributed by atoms with E-state index in [0.717, 1.165) is 17.9 Å². The molecule has 0 radical (unpaired) electrons. The third-order valence-corrected chi connectivity index (χ3v) is 3.60. The summed E-state index contributed by atoms with van der Waals surface area (Å²) in [6, 6.07) is 15.4. The lowest BCUT2D eigenvalue weighted by atomic mass is 10.3. The van der Waals surface area contributed by atoms with Gasteiger partial charge < -0.3 is 14.8 Å². The zero-order valence-corrected chi connectivity index (χ0v) is 13.8. The van der Waals surface area contributed by atoms with Crippen LogP contribution in [0, 0.1) is 0 Å². The Morgan fingerprint density at radius 3 is 2.50 bits per heavy atom. The molecule has 0 aliphatic rings. The van der Waals surface area contributed by atoms with Gasteiger partial charge in [-0.15, -0.1) is 0 Å². The van der Waals surface area contributed by atoms with Gasteiger partial charge in [0.1, 0.15) is 18.1 Å². The molecule has 0 heterocycles. The van der Waals surface area contributed by atoms with Gasteiger partial charge in [0, 0.05) is 12.2 Å². The van der Waals surface area contributed by atoms with Gasteiger partial charge in [-0.25, -0.2) is 0 Å². The van der Waals surface area contributed by atoms with Crippen molar-refractivity contribution in [1.82, 2.24) is 0 Å². The molecule has 118 valence electrons. The summed E-state index contributed by atoms with van der Waals surface area (Å²) in [5.74, 6) is 1.61. The molecule has 2 rings (SSSR count). The lowest BCUT2D eigenvalue weighted by Crippen LogP contribution is -2.12. The van der Waals surface area contributed by atoms with Crippen LogP contribution < -0.4 is 14.8 Å². The first-order chi connectivity index (χ1) is 10.7. The maximum Gasteiger partial charge on any atom is 0.137 e. The van der Waals surface area contributed by atoms with Crippen molar-refractivity contribution in [3.05, 3.63) is 53.6 Å². The summed E-state index contributed by atoms with van der Waals surface area (Å²) >= 11 is 6.03. The van der Waals surface area contributed by atoms with E-state index in [-0.39, 0.29) is 6.10 Å². The Bertz CT molecular complexity index is 572. The van der Waals surface area contributed by atoms with E-state index in [9.17, 15) is 0 Å². The largest absolute Gasteiger partial charge is 0.491 e. The van der Waals surface area contributed by atoms with E-state index in [1.165, 1.54) is 0 Å². The van der Waals surface area contributed by atoms with Crippen molar-refractivity contribution in [2.75, 3.05) is 18.5 Å². The minimum Gasteiger partial charge on any atom is -0.491 e. The summed E-state index contributed by atoms with van der Waals surface area (Å²) in [6.45, 7) is 5.43. The average molecular weight is 320 g/mol. The Morgan fingerprint density at radius 1 is 1.09 bits per heavy atom. The van der Waals surface area contributed by atoms with Crippen LogP contribution in [0.3, 0.4) is 0 Å². The van der Waals surface area contributed by atoms with Gasteiger partial charge in [0.2, 0.25) is 0 Å². The van der Waals surface area contributed by atoms with Crippen LogP contribution in [0.25, 0.3) is 0 Å². The van der Waals surface area contributed by atoms with E-state index in [2.05, 4.69) is 19.2 Å². The van der Waals surface area contributed by atoms with Gasteiger partial charge in [-0.3, -0.25) is 0 Å². The van der Waals surface area contributed by atoms with Gasteiger partial charge in [0.05, 0.1) is 11.1 Å². The Kier molecular flexibility index (Phi) is 6.41. The number of anilines is 1. The Hall–Kier alpha value is -1.87. The highest BCUT2D eigenvalue weighted by Crippen LogP contribution is 2.23. The molecule has 0 aliphatic heterocycles. The second-order valence-electron chi connectivity index (χ2n) is 5.07. The predicted octanol–water partition coefficient (Wildman–Crippen LogP) is 5.01. The third kappa shape index (κ3) is 5.15. The fraction of sp³-hybridized carbons (Fsp3) is 0.333. The number of hydrogen-bond donors (Lipinski definition) is 1. The normalized spacial score (nSPS) is 11.8. The summed E-state index contributed by atoms with van der Waals surface area (Å²) in [7, 11) is 0. The minimum absolute atomic E-state index is 0.239. The van der Waals surface area contributed by atoms with E-state index in [0.29, 0.717) is 23.9 Å². The number of benzene rings is 2. The van der Waals surface area contributed by atoms with Crippen molar-refractivity contribution in [3.8, 4) is 11.5 Å². The molecule has 2 aromatic rings. The van der Waals surface area contributed by atoms with Gasteiger partial charge in [-0.2, -0.15) is 0 Å². The molecule has 0 amide bonds. The number of hydrogen-bond acceptors (Lipinski definition) is 3. The van der Waals surface area contributed by atoms with Crippen molar-refractivity contribution in [2.45, 2.75) is 26.4 Å². The first kappa shape index (κ1) is 16.5. The molecule has 0 aliphatic carbocycles. The number of rotatable bonds is 8. The Balaban J connectivity index is 1.74. The van der Waals surface area contributed by atoms with Gasteiger partial charge in [-0.05, 0) is 49.7 Å². The highest BCUT2D eigenvalue weighted by Gasteiger charge is 2.01. The molecule has 0 spiro atoms. The number of ether oxygens (including phenoxy) is 2. The molecule has 22 heavy (non-hydrogen) atoms. The summed E-state index contributed by atoms with van der Waals surface area (Å²) in [5.41, 5.74) is 1.04. The van der Waals surface area contributed by atoms with Gasteiger partial charge in [-0.1, -0.05) is 30.7 Å². The fourth-order valence-corrected chi connectivity index (χ4v) is 2.08.